The summed E-state index contributed by atoms with van der Waals surface area (Å²) < 4.78 is 5.05. The molecule has 0 amide bonds. The number of benzene rings is 11. The molecule has 0 saturated heterocycles. The van der Waals surface area contributed by atoms with E-state index in [1.807, 2.05) is 11.3 Å². The predicted octanol–water partition coefficient (Wildman–Crippen LogP) is 19.6. The van der Waals surface area contributed by atoms with Crippen molar-refractivity contribution in [2.45, 2.75) is 19.3 Å². The van der Waals surface area contributed by atoms with Crippen LogP contribution in [0.25, 0.3) is 103 Å². The van der Waals surface area contributed by atoms with Gasteiger partial charge in [-0.25, -0.2) is 0 Å². The van der Waals surface area contributed by atoms with E-state index in [1.165, 1.54) is 114 Å². The maximum Gasteiger partial charge on any atom is 0.0547 e. The Morgan fingerprint density at radius 2 is 0.958 bits per heavy atom. The summed E-state index contributed by atoms with van der Waals surface area (Å²) in [7, 11) is 0. The second-order valence-corrected chi connectivity index (χ2v) is 20.7. The highest BCUT2D eigenvalue weighted by Gasteiger charge is 2.36. The molecule has 0 saturated carbocycles. The molecule has 0 unspecified atom stereocenters. The molecule has 0 aliphatic heterocycles. The van der Waals surface area contributed by atoms with Crippen LogP contribution in [-0.2, 0) is 5.41 Å². The Morgan fingerprint density at radius 1 is 0.347 bits per heavy atom. The van der Waals surface area contributed by atoms with E-state index in [-0.39, 0.29) is 5.41 Å². The van der Waals surface area contributed by atoms with Gasteiger partial charge < -0.3 is 9.47 Å². The minimum atomic E-state index is -0.197. The van der Waals surface area contributed by atoms with E-state index in [1.54, 1.807) is 0 Å². The Morgan fingerprint density at radius 3 is 1.82 bits per heavy atom. The first kappa shape index (κ1) is 42.1. The lowest BCUT2D eigenvalue weighted by Crippen LogP contribution is -2.15. The third-order valence-corrected chi connectivity index (χ3v) is 16.3. The molecule has 1 aliphatic rings. The first-order chi connectivity index (χ1) is 35.5. The molecule has 0 radical (unpaired) electrons. The zero-order valence-corrected chi connectivity index (χ0v) is 40.9. The highest BCUT2D eigenvalue weighted by molar-refractivity contribution is 7.25. The number of fused-ring (bicyclic) bond motifs is 9. The Hall–Kier alpha value is -8.76. The van der Waals surface area contributed by atoms with Gasteiger partial charge in [-0.05, 0) is 140 Å². The van der Waals surface area contributed by atoms with Crippen LogP contribution in [0.3, 0.4) is 0 Å². The van der Waals surface area contributed by atoms with Crippen molar-refractivity contribution in [2.75, 3.05) is 4.90 Å². The molecule has 13 aromatic rings. The van der Waals surface area contributed by atoms with Gasteiger partial charge in [0.05, 0.1) is 16.7 Å². The number of para-hydroxylation sites is 3. The summed E-state index contributed by atoms with van der Waals surface area (Å²) in [6.07, 6.45) is 0. The van der Waals surface area contributed by atoms with Gasteiger partial charge in [0.15, 0.2) is 0 Å². The number of nitrogens with zero attached hydrogens (tertiary/aromatic N) is 2. The Balaban J connectivity index is 0.874. The smallest absolute Gasteiger partial charge is 0.0547 e. The van der Waals surface area contributed by atoms with Crippen molar-refractivity contribution in [1.29, 1.82) is 0 Å². The topological polar surface area (TPSA) is 8.17 Å². The van der Waals surface area contributed by atoms with Crippen LogP contribution in [0.4, 0.5) is 17.1 Å². The molecule has 3 heteroatoms. The standard InChI is InChI=1S/C69H48N2S/c1-69(2)61-40-35-49(42-60(61)56-38-34-50(43-62(56)69)55-26-16-29-65-68(55)59-25-10-13-28-64(59)71(65)51-20-7-4-8-21-51)54-23-9-12-27-63(54)70(53-22-15-19-47(41-53)45-17-5-3-6-18-45)52-36-31-46(32-37-52)48-33-39-58-57-24-11-14-30-66(57)72-67(58)44-48/h3-44H,1-2H3. The van der Waals surface area contributed by atoms with Gasteiger partial charge in [0.25, 0.3) is 0 Å². The first-order valence-corrected chi connectivity index (χ1v) is 25.7. The van der Waals surface area contributed by atoms with Gasteiger partial charge in [-0.15, -0.1) is 11.3 Å². The third kappa shape index (κ3) is 6.77. The summed E-state index contributed by atoms with van der Waals surface area (Å²) in [5.74, 6) is 0. The van der Waals surface area contributed by atoms with Crippen molar-refractivity contribution in [3.8, 4) is 61.3 Å². The molecule has 0 N–H and O–H groups in total. The van der Waals surface area contributed by atoms with Crippen LogP contribution < -0.4 is 4.90 Å². The molecule has 0 bridgehead atoms. The van der Waals surface area contributed by atoms with E-state index in [0.29, 0.717) is 0 Å². The Kier molecular flexibility index (Phi) is 9.77. The summed E-state index contributed by atoms with van der Waals surface area (Å²) in [5.41, 5.74) is 21.7. The van der Waals surface area contributed by atoms with Crippen LogP contribution in [0.15, 0.2) is 255 Å². The highest BCUT2D eigenvalue weighted by Crippen LogP contribution is 2.52. The molecule has 11 aromatic carbocycles. The average Bonchev–Trinajstić information content (AvgIpc) is 4.06. The summed E-state index contributed by atoms with van der Waals surface area (Å²) in [4.78, 5) is 2.44. The van der Waals surface area contributed by atoms with Crippen LogP contribution in [0.2, 0.25) is 0 Å². The van der Waals surface area contributed by atoms with Crippen molar-refractivity contribution in [3.63, 3.8) is 0 Å². The van der Waals surface area contributed by atoms with Gasteiger partial charge in [-0.3, -0.25) is 0 Å². The van der Waals surface area contributed by atoms with E-state index in [4.69, 9.17) is 0 Å². The SMILES string of the molecule is CC1(C)c2ccc(-c3ccccc3N(c3ccc(-c4ccc5c(c4)sc4ccccc45)cc3)c3cccc(-c4ccccc4)c3)cc2-c2ccc(-c3cccc4c3c3ccccc3n4-c3ccccc3)cc21. The molecule has 340 valence electrons. The number of thiophene rings is 1. The number of aromatic nitrogens is 1. The summed E-state index contributed by atoms with van der Waals surface area (Å²) in [6.45, 7) is 4.78. The first-order valence-electron chi connectivity index (χ1n) is 24.9. The van der Waals surface area contributed by atoms with E-state index in [9.17, 15) is 0 Å². The monoisotopic (exact) mass is 936 g/mol. The maximum atomic E-state index is 2.47. The van der Waals surface area contributed by atoms with Crippen molar-refractivity contribution < 1.29 is 0 Å². The van der Waals surface area contributed by atoms with Crippen molar-refractivity contribution >= 4 is 70.4 Å². The lowest BCUT2D eigenvalue weighted by Gasteiger charge is -2.29. The number of hydrogen-bond donors (Lipinski definition) is 0. The van der Waals surface area contributed by atoms with Crippen LogP contribution in [0, 0.1) is 0 Å². The quantitative estimate of drug-likeness (QED) is 0.147. The van der Waals surface area contributed by atoms with Gasteiger partial charge >= 0.3 is 0 Å². The molecule has 72 heavy (non-hydrogen) atoms. The van der Waals surface area contributed by atoms with Crippen molar-refractivity contribution in [2.24, 2.45) is 0 Å². The fraction of sp³-hybridized carbons (Fsp3) is 0.0435. The van der Waals surface area contributed by atoms with E-state index >= 15 is 0 Å². The van der Waals surface area contributed by atoms with Crippen molar-refractivity contribution in [1.82, 2.24) is 4.57 Å². The van der Waals surface area contributed by atoms with Gasteiger partial charge in [-0.2, -0.15) is 0 Å². The molecule has 2 heterocycles. The fourth-order valence-electron chi connectivity index (χ4n) is 11.7. The predicted molar refractivity (Wildman–Crippen MR) is 308 cm³/mol. The second-order valence-electron chi connectivity index (χ2n) is 19.7. The van der Waals surface area contributed by atoms with Gasteiger partial charge in [0, 0.05) is 59.0 Å². The summed E-state index contributed by atoms with van der Waals surface area (Å²) in [5, 5.41) is 5.19. The van der Waals surface area contributed by atoms with Crippen LogP contribution in [-0.4, -0.2) is 4.57 Å². The number of anilines is 3. The molecule has 0 fully saturated rings. The lowest BCUT2D eigenvalue weighted by molar-refractivity contribution is 0.660. The minimum Gasteiger partial charge on any atom is -0.310 e. The highest BCUT2D eigenvalue weighted by atomic mass is 32.1. The van der Waals surface area contributed by atoms with Crippen LogP contribution >= 0.6 is 11.3 Å². The molecule has 2 nitrogen and oxygen atoms in total. The van der Waals surface area contributed by atoms with Crippen LogP contribution in [0.5, 0.6) is 0 Å². The number of rotatable bonds is 8. The maximum absolute atomic E-state index is 2.47. The molecule has 14 rings (SSSR count). The van der Waals surface area contributed by atoms with E-state index < -0.39 is 0 Å². The normalized spacial score (nSPS) is 12.7. The van der Waals surface area contributed by atoms with Gasteiger partial charge in [-0.1, -0.05) is 190 Å². The molecular formula is C69H48N2S. The molecule has 1 aliphatic carbocycles. The van der Waals surface area contributed by atoms with Gasteiger partial charge in [0.1, 0.15) is 0 Å². The van der Waals surface area contributed by atoms with Crippen LogP contribution in [0.1, 0.15) is 25.0 Å². The number of hydrogen-bond acceptors (Lipinski definition) is 2. The summed E-state index contributed by atoms with van der Waals surface area (Å²) in [6, 6.07) is 94.1. The van der Waals surface area contributed by atoms with Gasteiger partial charge in [0.2, 0.25) is 0 Å². The fourth-order valence-corrected chi connectivity index (χ4v) is 12.9. The molecule has 0 spiro atoms. The van der Waals surface area contributed by atoms with E-state index in [0.717, 1.165) is 17.1 Å². The molecular weight excluding hydrogens is 889 g/mol. The Labute approximate surface area is 424 Å². The zero-order valence-electron chi connectivity index (χ0n) is 40.1. The summed E-state index contributed by atoms with van der Waals surface area (Å²) >= 11 is 1.87. The zero-order chi connectivity index (χ0) is 47.9. The average molecular weight is 937 g/mol. The van der Waals surface area contributed by atoms with Crippen molar-refractivity contribution in [3.05, 3.63) is 266 Å². The lowest BCUT2D eigenvalue weighted by atomic mass is 9.81. The molecule has 2 aromatic heterocycles. The molecule has 0 atom stereocenters. The largest absolute Gasteiger partial charge is 0.310 e. The second kappa shape index (κ2) is 16.7. The Bertz CT molecular complexity index is 4230. The third-order valence-electron chi connectivity index (χ3n) is 15.2. The minimum absolute atomic E-state index is 0.197. The van der Waals surface area contributed by atoms with E-state index in [2.05, 4.69) is 278 Å².